The maximum atomic E-state index is 10.4. The van der Waals surface area contributed by atoms with Gasteiger partial charge in [0.1, 0.15) is 17.0 Å². The number of ether oxygens (including phenoxy) is 1. The zero-order valence-electron chi connectivity index (χ0n) is 8.84. The molecule has 1 fully saturated rings. The van der Waals surface area contributed by atoms with Crippen LogP contribution in [0.2, 0.25) is 0 Å². The highest BCUT2D eigenvalue weighted by Crippen LogP contribution is 2.10. The van der Waals surface area contributed by atoms with Gasteiger partial charge < -0.3 is 4.74 Å². The number of imide groups is 1. The summed E-state index contributed by atoms with van der Waals surface area (Å²) in [6, 6.07) is 9.68. The van der Waals surface area contributed by atoms with Gasteiger partial charge in [-0.25, -0.2) is 4.21 Å². The number of carbonyl (C=O) groups is 2. The fourth-order valence-electron chi connectivity index (χ4n) is 0.911. The van der Waals surface area contributed by atoms with Crippen molar-refractivity contribution in [1.82, 2.24) is 5.32 Å². The summed E-state index contributed by atoms with van der Waals surface area (Å²) in [6.07, 6.45) is 0. The Morgan fingerprint density at radius 2 is 1.88 bits per heavy atom. The molecule has 0 saturated carbocycles. The third-order valence-electron chi connectivity index (χ3n) is 1.64. The number of thioether (sulfide) groups is 1. The Kier molecular flexibility index (Phi) is 5.44. The fraction of sp³-hybridized carbons (Fsp3) is 0.100. The van der Waals surface area contributed by atoms with E-state index in [-0.39, 0.29) is 15.5 Å². The Labute approximate surface area is 106 Å². The average Bonchev–Trinajstić information content (AvgIpc) is 2.69. The third-order valence-corrected chi connectivity index (χ3v) is 3.09. The number of para-hydroxylation sites is 1. The highest BCUT2D eigenvalue weighted by molar-refractivity contribution is 8.34. The molecule has 17 heavy (non-hydrogen) atoms. The number of benzene rings is 1. The highest BCUT2D eigenvalue weighted by atomic mass is 32.2. The van der Waals surface area contributed by atoms with Crippen LogP contribution in [0, 0.1) is 0 Å². The van der Waals surface area contributed by atoms with Crippen LogP contribution in [0.4, 0.5) is 4.79 Å². The van der Waals surface area contributed by atoms with Gasteiger partial charge in [-0.2, -0.15) is 0 Å². The Morgan fingerprint density at radius 3 is 2.18 bits per heavy atom. The first-order valence-corrected chi connectivity index (χ1v) is 6.02. The molecule has 1 saturated heterocycles. The van der Waals surface area contributed by atoms with Gasteiger partial charge in [0.25, 0.3) is 11.1 Å². The lowest BCUT2D eigenvalue weighted by atomic mass is 10.3. The summed E-state index contributed by atoms with van der Waals surface area (Å²) < 4.78 is 14.8. The minimum Gasteiger partial charge on any atom is -0.497 e. The topological polar surface area (TPSA) is 72.5 Å². The molecular weight excluding hydrogens is 262 g/mol. The molecule has 1 aromatic carbocycles. The van der Waals surface area contributed by atoms with E-state index in [1.165, 1.54) is 0 Å². The molecule has 0 spiro atoms. The number of hydrogen-bond acceptors (Lipinski definition) is 5. The molecule has 1 aromatic rings. The first kappa shape index (κ1) is 13.5. The first-order valence-electron chi connectivity index (χ1n) is 4.46. The minimum atomic E-state index is -0.579. The second-order valence-corrected chi connectivity index (χ2v) is 4.55. The summed E-state index contributed by atoms with van der Waals surface area (Å²) in [5.74, 6) is 0.331. The van der Waals surface area contributed by atoms with Crippen LogP contribution in [0.1, 0.15) is 0 Å². The predicted octanol–water partition coefficient (Wildman–Crippen LogP) is 1.01. The summed E-state index contributed by atoms with van der Waals surface area (Å²) in [5.41, 5.74) is 0. The summed E-state index contributed by atoms with van der Waals surface area (Å²) in [5, 5.41) is 1.47. The molecule has 5 nitrogen and oxygen atoms in total. The summed E-state index contributed by atoms with van der Waals surface area (Å²) in [6.45, 7) is 0. The van der Waals surface area contributed by atoms with Crippen LogP contribution in [0.5, 0.6) is 5.75 Å². The van der Waals surface area contributed by atoms with E-state index in [4.69, 9.17) is 4.74 Å². The van der Waals surface area contributed by atoms with Gasteiger partial charge in [0.2, 0.25) is 0 Å². The predicted molar refractivity (Wildman–Crippen MR) is 67.3 cm³/mol. The maximum Gasteiger partial charge on any atom is 0.291 e. The Bertz CT molecular complexity index is 468. The molecule has 0 bridgehead atoms. The molecule has 7 heteroatoms. The second-order valence-electron chi connectivity index (χ2n) is 2.73. The molecule has 2 amide bonds. The van der Waals surface area contributed by atoms with Gasteiger partial charge in [0.15, 0.2) is 4.20 Å². The van der Waals surface area contributed by atoms with Crippen molar-refractivity contribution in [2.24, 2.45) is 0 Å². The van der Waals surface area contributed by atoms with Crippen molar-refractivity contribution in [3.05, 3.63) is 30.3 Å². The van der Waals surface area contributed by atoms with Gasteiger partial charge in [0.05, 0.1) is 7.11 Å². The summed E-state index contributed by atoms with van der Waals surface area (Å²) in [7, 11) is 1.66. The standard InChI is InChI=1S/C7H8O.C3HNO3S2/c1-8-7-5-3-2-4-6-7;5-1-2(9-7)8-3(6)4-1/h2-6H,1H3;(H,4,5,6). The van der Waals surface area contributed by atoms with Crippen LogP contribution >= 0.6 is 11.8 Å². The van der Waals surface area contributed by atoms with E-state index in [0.717, 1.165) is 5.75 Å². The SMILES string of the molecule is COc1ccccc1.O=S=C1SC(=O)NC1=O. The van der Waals surface area contributed by atoms with Gasteiger partial charge in [-0.05, 0) is 23.9 Å². The van der Waals surface area contributed by atoms with Crippen LogP contribution in [-0.2, 0) is 16.1 Å². The zero-order valence-corrected chi connectivity index (χ0v) is 10.5. The molecule has 1 heterocycles. The lowest BCUT2D eigenvalue weighted by Gasteiger charge is -1.93. The minimum absolute atomic E-state index is 0.0278. The van der Waals surface area contributed by atoms with Crippen molar-refractivity contribution in [3.8, 4) is 5.75 Å². The summed E-state index contributed by atoms with van der Waals surface area (Å²) >= 11 is 0.682. The lowest BCUT2D eigenvalue weighted by Crippen LogP contribution is -2.20. The van der Waals surface area contributed by atoms with Gasteiger partial charge in [-0.1, -0.05) is 18.2 Å². The molecule has 0 atom stereocenters. The van der Waals surface area contributed by atoms with E-state index in [0.29, 0.717) is 11.8 Å². The first-order chi connectivity index (χ1) is 8.17. The molecule has 2 rings (SSSR count). The van der Waals surface area contributed by atoms with Crippen LogP contribution in [0.15, 0.2) is 30.3 Å². The largest absolute Gasteiger partial charge is 0.497 e. The number of amides is 2. The maximum absolute atomic E-state index is 10.4. The number of nitrogens with one attached hydrogen (secondary N) is 1. The molecular formula is C10H9NO4S2. The fourth-order valence-corrected chi connectivity index (χ4v) is 1.86. The summed E-state index contributed by atoms with van der Waals surface area (Å²) in [4.78, 5) is 20.7. The molecule has 1 aliphatic rings. The molecule has 0 aliphatic carbocycles. The van der Waals surface area contributed by atoms with Crippen LogP contribution < -0.4 is 10.1 Å². The second kappa shape index (κ2) is 6.87. The van der Waals surface area contributed by atoms with Crippen molar-refractivity contribution in [3.63, 3.8) is 0 Å². The normalized spacial score (nSPS) is 13.6. The average molecular weight is 271 g/mol. The molecule has 1 N–H and O–H groups in total. The van der Waals surface area contributed by atoms with Gasteiger partial charge in [0, 0.05) is 0 Å². The van der Waals surface area contributed by atoms with Gasteiger partial charge in [-0.15, -0.1) is 0 Å². The van der Waals surface area contributed by atoms with Crippen molar-refractivity contribution in [2.45, 2.75) is 0 Å². The monoisotopic (exact) mass is 271 g/mol. The van der Waals surface area contributed by atoms with Crippen LogP contribution in [0.3, 0.4) is 0 Å². The molecule has 1 aliphatic heterocycles. The Hall–Kier alpha value is -1.60. The Morgan fingerprint density at radius 1 is 1.24 bits per heavy atom. The van der Waals surface area contributed by atoms with E-state index < -0.39 is 11.1 Å². The molecule has 0 aromatic heterocycles. The molecule has 0 radical (unpaired) electrons. The van der Waals surface area contributed by atoms with Crippen LogP contribution in [-0.4, -0.2) is 26.7 Å². The third kappa shape index (κ3) is 4.41. The van der Waals surface area contributed by atoms with E-state index in [2.05, 4.69) is 0 Å². The van der Waals surface area contributed by atoms with Crippen molar-refractivity contribution in [2.75, 3.05) is 7.11 Å². The van der Waals surface area contributed by atoms with Crippen molar-refractivity contribution < 1.29 is 18.5 Å². The van der Waals surface area contributed by atoms with Crippen molar-refractivity contribution in [1.29, 1.82) is 0 Å². The Balaban J connectivity index is 0.000000171. The van der Waals surface area contributed by atoms with E-state index in [9.17, 15) is 13.8 Å². The molecule has 0 unspecified atom stereocenters. The number of hydrogen-bond donors (Lipinski definition) is 1. The van der Waals surface area contributed by atoms with E-state index in [1.807, 2.05) is 35.6 Å². The number of methoxy groups -OCH3 is 1. The molecule has 90 valence electrons. The highest BCUT2D eigenvalue weighted by Gasteiger charge is 2.26. The number of carbonyl (C=O) groups excluding carboxylic acids is 2. The van der Waals surface area contributed by atoms with Crippen molar-refractivity contribution >= 4 is 38.4 Å². The van der Waals surface area contributed by atoms with E-state index in [1.54, 1.807) is 7.11 Å². The van der Waals surface area contributed by atoms with Gasteiger partial charge in [-0.3, -0.25) is 14.9 Å². The lowest BCUT2D eigenvalue weighted by molar-refractivity contribution is -0.113. The quantitative estimate of drug-likeness (QED) is 0.772. The smallest absolute Gasteiger partial charge is 0.291 e. The van der Waals surface area contributed by atoms with Gasteiger partial charge >= 0.3 is 0 Å². The van der Waals surface area contributed by atoms with Crippen LogP contribution in [0.25, 0.3) is 0 Å². The zero-order chi connectivity index (χ0) is 12.7. The van der Waals surface area contributed by atoms with E-state index >= 15 is 0 Å². The number of rotatable bonds is 1.